The van der Waals surface area contributed by atoms with E-state index in [1.165, 1.54) is 6.92 Å². The number of anilines is 1. The van der Waals surface area contributed by atoms with E-state index in [1.807, 2.05) is 17.3 Å². The Hall–Kier alpha value is -2.63. The van der Waals surface area contributed by atoms with Gasteiger partial charge in [0.15, 0.2) is 5.78 Å². The summed E-state index contributed by atoms with van der Waals surface area (Å²) in [4.78, 5) is 30.5. The van der Waals surface area contributed by atoms with Gasteiger partial charge in [-0.2, -0.15) is 0 Å². The maximum absolute atomic E-state index is 12.7. The fourth-order valence-corrected chi connectivity index (χ4v) is 3.56. The summed E-state index contributed by atoms with van der Waals surface area (Å²) in [6, 6.07) is 6.92. The quantitative estimate of drug-likeness (QED) is 0.773. The second kappa shape index (κ2) is 8.84. The first-order valence-electron chi connectivity index (χ1n) is 9.76. The molecule has 27 heavy (non-hydrogen) atoms. The largest absolute Gasteiger partial charge is 0.335 e. The molecule has 1 fully saturated rings. The zero-order chi connectivity index (χ0) is 19.2. The van der Waals surface area contributed by atoms with Crippen LogP contribution in [-0.2, 0) is 6.54 Å². The van der Waals surface area contributed by atoms with Crippen LogP contribution < -0.4 is 5.32 Å². The molecule has 1 N–H and O–H groups in total. The van der Waals surface area contributed by atoms with Crippen LogP contribution in [0.3, 0.4) is 0 Å². The molecule has 1 aromatic carbocycles. The topological polar surface area (TPSA) is 67.2 Å². The van der Waals surface area contributed by atoms with Gasteiger partial charge in [0.25, 0.3) is 0 Å². The molecule has 0 spiro atoms. The van der Waals surface area contributed by atoms with E-state index in [0.29, 0.717) is 17.8 Å². The molecule has 0 saturated carbocycles. The standard InChI is InChI=1S/C21H28N4O2/c1-3-4-12-24-14-11-22-20(24)18-6-5-13-25(15-18)21(27)23-19-9-7-17(8-10-19)16(2)26/h7-11,14,18H,3-6,12-13,15H2,1-2H3,(H,23,27)/t18-/m1/s1. The minimum Gasteiger partial charge on any atom is -0.335 e. The number of piperidine rings is 1. The molecule has 144 valence electrons. The number of urea groups is 1. The van der Waals surface area contributed by atoms with Crippen LogP contribution in [0.1, 0.15) is 61.6 Å². The Morgan fingerprint density at radius 1 is 1.26 bits per heavy atom. The number of rotatable bonds is 6. The predicted molar refractivity (Wildman–Crippen MR) is 106 cm³/mol. The molecule has 2 heterocycles. The molecule has 1 aromatic heterocycles. The molecule has 1 aliphatic rings. The number of benzene rings is 1. The molecule has 0 bridgehead atoms. The van der Waals surface area contributed by atoms with Gasteiger partial charge in [-0.25, -0.2) is 9.78 Å². The van der Waals surface area contributed by atoms with E-state index in [0.717, 1.165) is 44.6 Å². The third-order valence-corrected chi connectivity index (χ3v) is 5.12. The van der Waals surface area contributed by atoms with Crippen LogP contribution in [0, 0.1) is 0 Å². The highest BCUT2D eigenvalue weighted by atomic mass is 16.2. The van der Waals surface area contributed by atoms with E-state index >= 15 is 0 Å². The fourth-order valence-electron chi connectivity index (χ4n) is 3.56. The van der Waals surface area contributed by atoms with Crippen molar-refractivity contribution in [3.05, 3.63) is 48.0 Å². The van der Waals surface area contributed by atoms with Gasteiger partial charge in [0.2, 0.25) is 0 Å². The number of likely N-dealkylation sites (tertiary alicyclic amines) is 1. The van der Waals surface area contributed by atoms with Crippen LogP contribution in [-0.4, -0.2) is 39.4 Å². The van der Waals surface area contributed by atoms with E-state index in [-0.39, 0.29) is 17.7 Å². The number of imidazole rings is 1. The summed E-state index contributed by atoms with van der Waals surface area (Å²) >= 11 is 0. The molecule has 1 aliphatic heterocycles. The maximum Gasteiger partial charge on any atom is 0.321 e. The van der Waals surface area contributed by atoms with Gasteiger partial charge in [-0.15, -0.1) is 0 Å². The molecule has 0 radical (unpaired) electrons. The average molecular weight is 368 g/mol. The molecule has 2 amide bonds. The highest BCUT2D eigenvalue weighted by Crippen LogP contribution is 2.26. The first-order chi connectivity index (χ1) is 13.1. The lowest BCUT2D eigenvalue weighted by molar-refractivity contribution is 0.101. The van der Waals surface area contributed by atoms with Crippen LogP contribution in [0.5, 0.6) is 0 Å². The number of unbranched alkanes of at least 4 members (excludes halogenated alkanes) is 1. The summed E-state index contributed by atoms with van der Waals surface area (Å²) in [5, 5.41) is 2.94. The molecule has 0 unspecified atom stereocenters. The number of hydrogen-bond donors (Lipinski definition) is 1. The van der Waals surface area contributed by atoms with Crippen molar-refractivity contribution in [1.29, 1.82) is 0 Å². The zero-order valence-electron chi connectivity index (χ0n) is 16.1. The van der Waals surface area contributed by atoms with Gasteiger partial charge in [-0.3, -0.25) is 4.79 Å². The van der Waals surface area contributed by atoms with Crippen LogP contribution in [0.4, 0.5) is 10.5 Å². The van der Waals surface area contributed by atoms with Crippen LogP contribution in [0.15, 0.2) is 36.7 Å². The maximum atomic E-state index is 12.7. The number of amides is 2. The third-order valence-electron chi connectivity index (χ3n) is 5.12. The Kier molecular flexibility index (Phi) is 6.27. The highest BCUT2D eigenvalue weighted by molar-refractivity contribution is 5.95. The van der Waals surface area contributed by atoms with Crippen molar-refractivity contribution in [1.82, 2.24) is 14.5 Å². The number of hydrogen-bond acceptors (Lipinski definition) is 3. The molecule has 1 atom stereocenters. The van der Waals surface area contributed by atoms with Crippen LogP contribution in [0.2, 0.25) is 0 Å². The van der Waals surface area contributed by atoms with Crippen LogP contribution >= 0.6 is 0 Å². The minimum atomic E-state index is -0.0954. The van der Waals surface area contributed by atoms with Crippen LogP contribution in [0.25, 0.3) is 0 Å². The second-order valence-electron chi connectivity index (χ2n) is 7.18. The van der Waals surface area contributed by atoms with Crippen molar-refractivity contribution in [2.24, 2.45) is 0 Å². The number of ketones is 1. The minimum absolute atomic E-state index is 0.0188. The summed E-state index contributed by atoms with van der Waals surface area (Å²) in [5.41, 5.74) is 1.35. The Labute approximate surface area is 160 Å². The van der Waals surface area contributed by atoms with Crippen molar-refractivity contribution in [2.75, 3.05) is 18.4 Å². The summed E-state index contributed by atoms with van der Waals surface area (Å²) in [5.74, 6) is 1.38. The van der Waals surface area contributed by atoms with Gasteiger partial charge in [0, 0.05) is 49.2 Å². The van der Waals surface area contributed by atoms with Gasteiger partial charge in [-0.1, -0.05) is 13.3 Å². The summed E-state index contributed by atoms with van der Waals surface area (Å²) in [6.07, 6.45) is 8.22. The average Bonchev–Trinajstić information content (AvgIpc) is 3.15. The molecule has 0 aliphatic carbocycles. The third kappa shape index (κ3) is 4.76. The molecule has 1 saturated heterocycles. The van der Waals surface area contributed by atoms with E-state index in [4.69, 9.17) is 0 Å². The number of carbonyl (C=O) groups excluding carboxylic acids is 2. The Morgan fingerprint density at radius 3 is 2.74 bits per heavy atom. The molecule has 3 rings (SSSR count). The van der Waals surface area contributed by atoms with Gasteiger partial charge < -0.3 is 14.8 Å². The predicted octanol–water partition coefficient (Wildman–Crippen LogP) is 4.30. The monoisotopic (exact) mass is 368 g/mol. The van der Waals surface area contributed by atoms with Crippen molar-refractivity contribution < 1.29 is 9.59 Å². The van der Waals surface area contributed by atoms with Crippen molar-refractivity contribution >= 4 is 17.5 Å². The van der Waals surface area contributed by atoms with E-state index in [1.54, 1.807) is 24.3 Å². The number of nitrogens with zero attached hydrogens (tertiary/aromatic N) is 3. The van der Waals surface area contributed by atoms with Crippen molar-refractivity contribution in [3.8, 4) is 0 Å². The van der Waals surface area contributed by atoms with E-state index < -0.39 is 0 Å². The van der Waals surface area contributed by atoms with Crippen molar-refractivity contribution in [2.45, 2.75) is 52.0 Å². The Bertz CT molecular complexity index is 782. The molecular weight excluding hydrogens is 340 g/mol. The summed E-state index contributed by atoms with van der Waals surface area (Å²) in [6.45, 7) is 6.14. The SMILES string of the molecule is CCCCn1ccnc1[C@@H]1CCCN(C(=O)Nc2ccc(C(C)=O)cc2)C1. The summed E-state index contributed by atoms with van der Waals surface area (Å²) in [7, 11) is 0. The molecule has 2 aromatic rings. The molecule has 6 nitrogen and oxygen atoms in total. The summed E-state index contributed by atoms with van der Waals surface area (Å²) < 4.78 is 2.23. The van der Waals surface area contributed by atoms with Crippen molar-refractivity contribution in [3.63, 3.8) is 0 Å². The lowest BCUT2D eigenvalue weighted by atomic mass is 9.97. The lowest BCUT2D eigenvalue weighted by Gasteiger charge is -2.32. The number of nitrogens with one attached hydrogen (secondary N) is 1. The van der Waals surface area contributed by atoms with E-state index in [2.05, 4.69) is 21.8 Å². The van der Waals surface area contributed by atoms with Gasteiger partial charge >= 0.3 is 6.03 Å². The zero-order valence-corrected chi connectivity index (χ0v) is 16.1. The first kappa shape index (κ1) is 19.1. The fraction of sp³-hybridized carbons (Fsp3) is 0.476. The number of aromatic nitrogens is 2. The van der Waals surface area contributed by atoms with Gasteiger partial charge in [-0.05, 0) is 50.5 Å². The molecular formula is C21H28N4O2. The Morgan fingerprint density at radius 2 is 2.04 bits per heavy atom. The molecule has 6 heteroatoms. The Balaban J connectivity index is 1.62. The smallest absolute Gasteiger partial charge is 0.321 e. The number of carbonyl (C=O) groups is 2. The normalized spacial score (nSPS) is 17.0. The first-order valence-corrected chi connectivity index (χ1v) is 9.76. The van der Waals surface area contributed by atoms with Gasteiger partial charge in [0.05, 0.1) is 0 Å². The lowest BCUT2D eigenvalue weighted by Crippen LogP contribution is -2.42. The van der Waals surface area contributed by atoms with E-state index in [9.17, 15) is 9.59 Å². The second-order valence-corrected chi connectivity index (χ2v) is 7.18. The highest BCUT2D eigenvalue weighted by Gasteiger charge is 2.27. The van der Waals surface area contributed by atoms with Gasteiger partial charge in [0.1, 0.15) is 5.82 Å². The number of aryl methyl sites for hydroxylation is 1. The number of Topliss-reactive ketones (excluding diaryl/α,β-unsaturated/α-hetero) is 1.